The van der Waals surface area contributed by atoms with E-state index >= 15 is 0 Å². The highest BCUT2D eigenvalue weighted by Crippen LogP contribution is 2.81. The molecule has 11 atom stereocenters. The lowest BCUT2D eigenvalue weighted by Gasteiger charge is -2.49. The molecule has 3 saturated carbocycles. The van der Waals surface area contributed by atoms with E-state index in [1.807, 2.05) is 0 Å². The summed E-state index contributed by atoms with van der Waals surface area (Å²) in [6, 6.07) is 0. The fourth-order valence-electron chi connectivity index (χ4n) is 8.46. The van der Waals surface area contributed by atoms with E-state index < -0.39 is 17.8 Å². The molecule has 6 heteroatoms. The van der Waals surface area contributed by atoms with Crippen molar-refractivity contribution < 1.29 is 29.2 Å². The second-order valence-electron chi connectivity index (χ2n) is 10.9. The first-order valence-corrected chi connectivity index (χ1v) is 10.9. The van der Waals surface area contributed by atoms with Crippen LogP contribution in [-0.4, -0.2) is 58.4 Å². The lowest BCUT2D eigenvalue weighted by molar-refractivity contribution is -0.136. The number of aliphatic hydroxyl groups excluding tert-OH is 2. The summed E-state index contributed by atoms with van der Waals surface area (Å²) < 4.78 is 18.2. The van der Waals surface area contributed by atoms with Crippen LogP contribution in [0.1, 0.15) is 40.0 Å². The number of epoxide rings is 2. The van der Waals surface area contributed by atoms with Crippen LogP contribution in [0.25, 0.3) is 0 Å². The summed E-state index contributed by atoms with van der Waals surface area (Å²) >= 11 is 0. The minimum Gasteiger partial charge on any atom is -0.458 e. The molecule has 3 aliphatic heterocycles. The lowest BCUT2D eigenvalue weighted by Crippen LogP contribution is -2.54. The van der Waals surface area contributed by atoms with E-state index in [1.54, 1.807) is 0 Å². The Morgan fingerprint density at radius 2 is 1.96 bits per heavy atom. The molecule has 3 heterocycles. The van der Waals surface area contributed by atoms with Crippen molar-refractivity contribution in [3.05, 3.63) is 11.1 Å². The minimum absolute atomic E-state index is 0.0116. The zero-order valence-corrected chi connectivity index (χ0v) is 16.6. The van der Waals surface area contributed by atoms with E-state index in [0.29, 0.717) is 12.5 Å². The zero-order chi connectivity index (χ0) is 19.4. The molecule has 0 amide bonds. The molecule has 7 rings (SSSR count). The van der Waals surface area contributed by atoms with Gasteiger partial charge in [-0.2, -0.15) is 0 Å². The predicted octanol–water partition coefficient (Wildman–Crippen LogP) is 1.19. The Hall–Kier alpha value is -0.950. The molecule has 0 aromatic carbocycles. The summed E-state index contributed by atoms with van der Waals surface area (Å²) in [6.45, 7) is 6.87. The van der Waals surface area contributed by atoms with E-state index in [2.05, 4.69) is 20.8 Å². The molecule has 2 saturated heterocycles. The molecule has 1 spiro atoms. The van der Waals surface area contributed by atoms with Gasteiger partial charge in [0.15, 0.2) is 0 Å². The molecule has 152 valence electrons. The number of fused-ring (bicyclic) bond motifs is 5. The first-order chi connectivity index (χ1) is 13.3. The predicted molar refractivity (Wildman–Crippen MR) is 96.0 cm³/mol. The van der Waals surface area contributed by atoms with Crippen LogP contribution in [0, 0.1) is 35.0 Å². The molecule has 0 radical (unpaired) electrons. The van der Waals surface area contributed by atoms with Crippen molar-refractivity contribution in [2.24, 2.45) is 35.0 Å². The van der Waals surface area contributed by atoms with Gasteiger partial charge < -0.3 is 24.4 Å². The van der Waals surface area contributed by atoms with Gasteiger partial charge in [0.25, 0.3) is 0 Å². The Morgan fingerprint density at radius 1 is 1.18 bits per heavy atom. The number of aliphatic hydroxyl groups is 2. The van der Waals surface area contributed by atoms with Gasteiger partial charge in [-0.1, -0.05) is 20.8 Å². The molecular weight excluding hydrogens is 360 g/mol. The highest BCUT2D eigenvalue weighted by atomic mass is 16.7. The molecule has 5 fully saturated rings. The number of carbonyl (C=O) groups excluding carboxylic acids is 1. The van der Waals surface area contributed by atoms with Crippen LogP contribution >= 0.6 is 0 Å². The van der Waals surface area contributed by atoms with Crippen LogP contribution in [0.15, 0.2) is 11.1 Å². The summed E-state index contributed by atoms with van der Waals surface area (Å²) in [5.41, 5.74) is 1.01. The third-order valence-corrected chi connectivity index (χ3v) is 9.97. The largest absolute Gasteiger partial charge is 0.458 e. The second-order valence-corrected chi connectivity index (χ2v) is 10.9. The van der Waals surface area contributed by atoms with Crippen molar-refractivity contribution in [1.29, 1.82) is 0 Å². The standard InChI is InChI=1S/C22H28O6/c1-8(2)21-16(24)15(23)13-10-6-12-11-7-26-19(25)9(11)4-5-20(12,3)22(14(10)13)18(28-22)17(21)27-21/h8,10,12-18,23-24H,4-7H2,1-3H3/t10-,12+,13?,14?,15-,16+,17+,18+,20+,21-,22-/m1/s1. The number of esters is 1. The maximum atomic E-state index is 12.2. The maximum absolute atomic E-state index is 12.2. The Labute approximate surface area is 164 Å². The Kier molecular flexibility index (Phi) is 2.72. The number of carbonyl (C=O) groups is 1. The smallest absolute Gasteiger partial charge is 0.334 e. The van der Waals surface area contributed by atoms with E-state index in [-0.39, 0.29) is 52.9 Å². The number of cyclic esters (lactones) is 1. The van der Waals surface area contributed by atoms with Crippen LogP contribution in [-0.2, 0) is 19.0 Å². The van der Waals surface area contributed by atoms with Crippen LogP contribution < -0.4 is 0 Å². The second kappa shape index (κ2) is 4.53. The summed E-state index contributed by atoms with van der Waals surface area (Å²) in [5, 5.41) is 22.2. The van der Waals surface area contributed by atoms with Crippen LogP contribution in [0.2, 0.25) is 0 Å². The zero-order valence-electron chi connectivity index (χ0n) is 16.6. The van der Waals surface area contributed by atoms with Gasteiger partial charge in [0, 0.05) is 16.9 Å². The molecule has 28 heavy (non-hydrogen) atoms. The lowest BCUT2D eigenvalue weighted by atomic mass is 9.52. The molecule has 2 unspecified atom stereocenters. The average Bonchev–Trinajstić information content (AvgIpc) is 3.54. The Morgan fingerprint density at radius 3 is 2.71 bits per heavy atom. The number of hydrogen-bond acceptors (Lipinski definition) is 6. The Bertz CT molecular complexity index is 850. The van der Waals surface area contributed by atoms with Crippen molar-refractivity contribution >= 4 is 5.97 Å². The summed E-state index contributed by atoms with van der Waals surface area (Å²) in [6.07, 6.45) is 0.836. The molecule has 6 nitrogen and oxygen atoms in total. The van der Waals surface area contributed by atoms with Crippen molar-refractivity contribution in [2.45, 2.75) is 75.7 Å². The van der Waals surface area contributed by atoms with Gasteiger partial charge >= 0.3 is 5.97 Å². The van der Waals surface area contributed by atoms with Crippen molar-refractivity contribution in [1.82, 2.24) is 0 Å². The Balaban J connectivity index is 1.37. The average molecular weight is 388 g/mol. The molecule has 0 aromatic heterocycles. The van der Waals surface area contributed by atoms with Gasteiger partial charge in [0.2, 0.25) is 0 Å². The van der Waals surface area contributed by atoms with E-state index in [1.165, 1.54) is 5.57 Å². The van der Waals surface area contributed by atoms with Crippen molar-refractivity contribution in [3.63, 3.8) is 0 Å². The first-order valence-electron chi connectivity index (χ1n) is 10.9. The number of rotatable bonds is 1. The van der Waals surface area contributed by atoms with E-state index in [0.717, 1.165) is 24.8 Å². The third kappa shape index (κ3) is 1.48. The minimum atomic E-state index is -0.865. The van der Waals surface area contributed by atoms with Gasteiger partial charge in [-0.15, -0.1) is 0 Å². The SMILES string of the molecule is CC(C)[C@]12O[C@H]1[C@@H]1O[C@]13C1C([C@H]1C[C@H]1C4=C(CC[C@@]13C)C(=O)OC4)[C@@H](O)[C@@H]2O. The van der Waals surface area contributed by atoms with Gasteiger partial charge in [-0.05, 0) is 48.5 Å². The fraction of sp³-hybridized carbons (Fsp3) is 0.864. The monoisotopic (exact) mass is 388 g/mol. The maximum Gasteiger partial charge on any atom is 0.334 e. The molecule has 7 aliphatic rings. The third-order valence-electron chi connectivity index (χ3n) is 9.97. The quantitative estimate of drug-likeness (QED) is 0.518. The van der Waals surface area contributed by atoms with Gasteiger partial charge in [0.1, 0.15) is 36.1 Å². The highest BCUT2D eigenvalue weighted by molar-refractivity contribution is 5.92. The first kappa shape index (κ1) is 16.8. The van der Waals surface area contributed by atoms with Gasteiger partial charge in [0.05, 0.1) is 6.10 Å². The van der Waals surface area contributed by atoms with Crippen LogP contribution in [0.4, 0.5) is 0 Å². The van der Waals surface area contributed by atoms with Crippen molar-refractivity contribution in [3.8, 4) is 0 Å². The molecule has 0 aromatic rings. The van der Waals surface area contributed by atoms with Crippen LogP contribution in [0.5, 0.6) is 0 Å². The van der Waals surface area contributed by atoms with Crippen LogP contribution in [0.3, 0.4) is 0 Å². The van der Waals surface area contributed by atoms with Gasteiger partial charge in [-0.25, -0.2) is 4.79 Å². The summed E-state index contributed by atoms with van der Waals surface area (Å²) in [7, 11) is 0. The number of ether oxygens (including phenoxy) is 3. The summed E-state index contributed by atoms with van der Waals surface area (Å²) in [5.74, 6) is 0.926. The molecule has 2 N–H and O–H groups in total. The van der Waals surface area contributed by atoms with Crippen molar-refractivity contribution in [2.75, 3.05) is 6.61 Å². The van der Waals surface area contributed by atoms with E-state index in [9.17, 15) is 15.0 Å². The topological polar surface area (TPSA) is 91.8 Å². The molecule has 0 bridgehead atoms. The fourth-order valence-corrected chi connectivity index (χ4v) is 8.46. The molecular formula is C22H28O6. The summed E-state index contributed by atoms with van der Waals surface area (Å²) in [4.78, 5) is 12.2. The normalized spacial score (nSPS) is 62.6. The van der Waals surface area contributed by atoms with E-state index in [4.69, 9.17) is 14.2 Å². The highest BCUT2D eigenvalue weighted by Gasteiger charge is 2.91. The molecule has 4 aliphatic carbocycles. The van der Waals surface area contributed by atoms with Gasteiger partial charge in [-0.3, -0.25) is 0 Å². The number of hydrogen-bond donors (Lipinski definition) is 2.